The Morgan fingerprint density at radius 1 is 1.23 bits per heavy atom. The van der Waals surface area contributed by atoms with Crippen molar-refractivity contribution in [3.05, 3.63) is 22.7 Å². The molecule has 1 saturated heterocycles. The van der Waals surface area contributed by atoms with Gasteiger partial charge in [0.15, 0.2) is 16.6 Å². The van der Waals surface area contributed by atoms with E-state index >= 15 is 0 Å². The van der Waals surface area contributed by atoms with E-state index in [1.807, 2.05) is 6.07 Å². The number of nitrogens with zero attached hydrogens (tertiary/aromatic N) is 2. The lowest BCUT2D eigenvalue weighted by Crippen LogP contribution is -2.39. The molecule has 0 aliphatic carbocycles. The van der Waals surface area contributed by atoms with Crippen LogP contribution in [0.2, 0.25) is 5.02 Å². The molecule has 26 heavy (non-hydrogen) atoms. The predicted octanol–water partition coefficient (Wildman–Crippen LogP) is 1.63. The van der Waals surface area contributed by atoms with Crippen LogP contribution in [0.3, 0.4) is 0 Å². The number of ether oxygens (including phenoxy) is 3. The highest BCUT2D eigenvalue weighted by molar-refractivity contribution is 7.80. The van der Waals surface area contributed by atoms with E-state index in [0.29, 0.717) is 34.8 Å². The molecule has 0 bridgehead atoms. The third kappa shape index (κ3) is 5.70. The minimum atomic E-state index is 0.492. The summed E-state index contributed by atoms with van der Waals surface area (Å²) in [7, 11) is 0. The number of morpholine rings is 1. The van der Waals surface area contributed by atoms with Crippen LogP contribution in [-0.4, -0.2) is 68.8 Å². The molecule has 0 radical (unpaired) electrons. The molecule has 2 N–H and O–H groups in total. The quantitative estimate of drug-likeness (QED) is 0.327. The van der Waals surface area contributed by atoms with Gasteiger partial charge in [0.2, 0.25) is 0 Å². The van der Waals surface area contributed by atoms with Gasteiger partial charge in [-0.15, -0.1) is 0 Å². The zero-order chi connectivity index (χ0) is 18.2. The molecule has 0 amide bonds. The Labute approximate surface area is 163 Å². The second-order valence-corrected chi connectivity index (χ2v) is 6.78. The molecule has 1 fully saturated rings. The number of hydrazone groups is 1. The van der Waals surface area contributed by atoms with Gasteiger partial charge < -0.3 is 19.5 Å². The second kappa shape index (κ2) is 9.91. The zero-order valence-electron chi connectivity index (χ0n) is 14.5. The highest BCUT2D eigenvalue weighted by atomic mass is 35.5. The average molecular weight is 399 g/mol. The minimum absolute atomic E-state index is 0.492. The van der Waals surface area contributed by atoms with Gasteiger partial charge in [0, 0.05) is 19.6 Å². The molecule has 3 rings (SSSR count). The summed E-state index contributed by atoms with van der Waals surface area (Å²) in [6.45, 7) is 6.52. The summed E-state index contributed by atoms with van der Waals surface area (Å²) in [6.07, 6.45) is 2.66. The van der Waals surface area contributed by atoms with Gasteiger partial charge >= 0.3 is 0 Å². The van der Waals surface area contributed by atoms with E-state index < -0.39 is 0 Å². The second-order valence-electron chi connectivity index (χ2n) is 5.96. The van der Waals surface area contributed by atoms with E-state index in [-0.39, 0.29) is 0 Å². The number of halogens is 1. The molecule has 9 heteroatoms. The van der Waals surface area contributed by atoms with Crippen LogP contribution in [0, 0.1) is 0 Å². The molecule has 2 heterocycles. The van der Waals surface area contributed by atoms with Crippen molar-refractivity contribution in [2.45, 2.75) is 6.42 Å². The number of fused-ring (bicyclic) bond motifs is 1. The molecule has 142 valence electrons. The van der Waals surface area contributed by atoms with Gasteiger partial charge in [-0.25, -0.2) is 0 Å². The first kappa shape index (κ1) is 19.2. The highest BCUT2D eigenvalue weighted by Gasteiger charge is 2.16. The average Bonchev–Trinajstić information content (AvgIpc) is 2.66. The maximum absolute atomic E-state index is 6.20. The van der Waals surface area contributed by atoms with Gasteiger partial charge in [-0.3, -0.25) is 10.3 Å². The molecule has 2 aliphatic rings. The number of thiocarbonyl (C=S) groups is 1. The van der Waals surface area contributed by atoms with Crippen molar-refractivity contribution in [2.75, 3.05) is 52.6 Å². The molecule has 0 atom stereocenters. The molecular formula is C17H23ClN4O3S. The lowest BCUT2D eigenvalue weighted by molar-refractivity contribution is 0.0376. The van der Waals surface area contributed by atoms with Crippen molar-refractivity contribution in [3.8, 4) is 11.5 Å². The van der Waals surface area contributed by atoms with Gasteiger partial charge in [-0.2, -0.15) is 5.10 Å². The summed E-state index contributed by atoms with van der Waals surface area (Å²) < 4.78 is 16.4. The topological polar surface area (TPSA) is 67.4 Å². The van der Waals surface area contributed by atoms with E-state index in [1.54, 1.807) is 12.3 Å². The number of rotatable bonds is 6. The normalized spacial score (nSPS) is 17.3. The lowest BCUT2D eigenvalue weighted by atomic mass is 10.2. The fourth-order valence-electron chi connectivity index (χ4n) is 2.74. The van der Waals surface area contributed by atoms with Crippen LogP contribution in [0.5, 0.6) is 11.5 Å². The third-order valence-corrected chi connectivity index (χ3v) is 4.56. The van der Waals surface area contributed by atoms with Crippen molar-refractivity contribution in [1.29, 1.82) is 0 Å². The Kier molecular flexibility index (Phi) is 7.31. The zero-order valence-corrected chi connectivity index (χ0v) is 16.1. The fraction of sp³-hybridized carbons (Fsp3) is 0.529. The maximum atomic E-state index is 6.20. The number of hydrogen-bond donors (Lipinski definition) is 2. The van der Waals surface area contributed by atoms with Crippen LogP contribution in [0.25, 0.3) is 0 Å². The molecule has 7 nitrogen and oxygen atoms in total. The summed E-state index contributed by atoms with van der Waals surface area (Å²) in [5.41, 5.74) is 3.62. The Morgan fingerprint density at radius 2 is 2.04 bits per heavy atom. The molecule has 1 aromatic rings. The van der Waals surface area contributed by atoms with Crippen LogP contribution < -0.4 is 20.2 Å². The largest absolute Gasteiger partial charge is 0.486 e. The van der Waals surface area contributed by atoms with Gasteiger partial charge in [-0.05, 0) is 42.9 Å². The van der Waals surface area contributed by atoms with Gasteiger partial charge in [0.25, 0.3) is 0 Å². The summed E-state index contributed by atoms with van der Waals surface area (Å²) in [5, 5.41) is 8.29. The predicted molar refractivity (Wildman–Crippen MR) is 106 cm³/mol. The minimum Gasteiger partial charge on any atom is -0.486 e. The van der Waals surface area contributed by atoms with Crippen molar-refractivity contribution in [2.24, 2.45) is 5.10 Å². The SMILES string of the molecule is S=C(NCCCN1CCOCC1)N/N=C\c1cc(Cl)c2c(c1)OCCO2. The highest BCUT2D eigenvalue weighted by Crippen LogP contribution is 2.37. The lowest BCUT2D eigenvalue weighted by Gasteiger charge is -2.26. The number of nitrogens with one attached hydrogen (secondary N) is 2. The van der Waals surface area contributed by atoms with Crippen molar-refractivity contribution >= 4 is 35.1 Å². The molecule has 2 aliphatic heterocycles. The summed E-state index contributed by atoms with van der Waals surface area (Å²) in [4.78, 5) is 2.39. The Morgan fingerprint density at radius 3 is 2.88 bits per heavy atom. The van der Waals surface area contributed by atoms with Crippen LogP contribution in [-0.2, 0) is 4.74 Å². The number of hydrogen-bond acceptors (Lipinski definition) is 6. The van der Waals surface area contributed by atoms with Gasteiger partial charge in [-0.1, -0.05) is 11.6 Å². The van der Waals surface area contributed by atoms with Crippen molar-refractivity contribution in [1.82, 2.24) is 15.6 Å². The van der Waals surface area contributed by atoms with Gasteiger partial charge in [0.1, 0.15) is 13.2 Å². The summed E-state index contributed by atoms with van der Waals surface area (Å²) >= 11 is 11.4. The molecule has 1 aromatic carbocycles. The van der Waals surface area contributed by atoms with E-state index in [0.717, 1.165) is 51.4 Å². The van der Waals surface area contributed by atoms with E-state index in [4.69, 9.17) is 38.0 Å². The fourth-order valence-corrected chi connectivity index (χ4v) is 3.17. The molecule has 0 saturated carbocycles. The standard InChI is InChI=1S/C17H23ClN4O3S/c18-14-10-13(11-15-16(14)25-9-8-24-15)12-20-21-17(26)19-2-1-3-22-4-6-23-7-5-22/h10-12H,1-9H2,(H2,19,21,26)/b20-12-. The molecule has 0 unspecified atom stereocenters. The first-order chi connectivity index (χ1) is 12.7. The van der Waals surface area contributed by atoms with Crippen LogP contribution in [0.1, 0.15) is 12.0 Å². The van der Waals surface area contributed by atoms with E-state index in [2.05, 4.69) is 20.7 Å². The Balaban J connectivity index is 1.38. The van der Waals surface area contributed by atoms with E-state index in [1.165, 1.54) is 0 Å². The summed E-state index contributed by atoms with van der Waals surface area (Å²) in [6, 6.07) is 3.61. The molecule has 0 aromatic heterocycles. The van der Waals surface area contributed by atoms with Crippen LogP contribution in [0.4, 0.5) is 0 Å². The van der Waals surface area contributed by atoms with E-state index in [9.17, 15) is 0 Å². The monoisotopic (exact) mass is 398 g/mol. The molecular weight excluding hydrogens is 376 g/mol. The maximum Gasteiger partial charge on any atom is 0.186 e. The molecule has 0 spiro atoms. The van der Waals surface area contributed by atoms with Crippen LogP contribution >= 0.6 is 23.8 Å². The Bertz CT molecular complexity index is 653. The summed E-state index contributed by atoms with van der Waals surface area (Å²) in [5.74, 6) is 1.22. The Hall–Kier alpha value is -1.61. The van der Waals surface area contributed by atoms with Crippen molar-refractivity contribution in [3.63, 3.8) is 0 Å². The first-order valence-corrected chi connectivity index (χ1v) is 9.47. The number of benzene rings is 1. The van der Waals surface area contributed by atoms with Gasteiger partial charge in [0.05, 0.1) is 24.5 Å². The third-order valence-electron chi connectivity index (χ3n) is 4.04. The van der Waals surface area contributed by atoms with Crippen LogP contribution in [0.15, 0.2) is 17.2 Å². The van der Waals surface area contributed by atoms with Crippen molar-refractivity contribution < 1.29 is 14.2 Å². The smallest absolute Gasteiger partial charge is 0.186 e. The first-order valence-electron chi connectivity index (χ1n) is 8.68.